The van der Waals surface area contributed by atoms with Gasteiger partial charge in [-0.15, -0.1) is 0 Å². The second-order valence-corrected chi connectivity index (χ2v) is 6.14. The Balaban J connectivity index is 2.20. The maximum Gasteiger partial charge on any atom is 0.412 e. The van der Waals surface area contributed by atoms with E-state index in [-0.39, 0.29) is 6.10 Å². The van der Waals surface area contributed by atoms with E-state index in [1.54, 1.807) is 19.2 Å². The fraction of sp³-hybridized carbons (Fsp3) is 0.562. The van der Waals surface area contributed by atoms with E-state index >= 15 is 0 Å². The van der Waals surface area contributed by atoms with Gasteiger partial charge in [0, 0.05) is 18.7 Å². The first-order valence-electron chi connectivity index (χ1n) is 7.39. The van der Waals surface area contributed by atoms with Crippen molar-refractivity contribution in [2.45, 2.75) is 32.5 Å². The monoisotopic (exact) mass is 308 g/mol. The highest BCUT2D eigenvalue weighted by atomic mass is 16.6. The topological polar surface area (TPSA) is 68.8 Å². The van der Waals surface area contributed by atoms with Crippen LogP contribution in [0.4, 0.5) is 10.5 Å². The van der Waals surface area contributed by atoms with Gasteiger partial charge in [-0.3, -0.25) is 5.32 Å². The van der Waals surface area contributed by atoms with Crippen molar-refractivity contribution in [1.29, 1.82) is 0 Å². The van der Waals surface area contributed by atoms with Crippen molar-refractivity contribution >= 4 is 11.8 Å². The first kappa shape index (κ1) is 16.6. The molecule has 1 atom stereocenters. The average molecular weight is 308 g/mol. The molecule has 6 nitrogen and oxygen atoms in total. The number of anilines is 1. The SMILES string of the molecule is COc1ccc(NC(=O)OC(C)(C)C)c(C2CNCCO2)c1. The Morgan fingerprint density at radius 2 is 2.18 bits per heavy atom. The Kier molecular flexibility index (Phi) is 5.26. The highest BCUT2D eigenvalue weighted by Crippen LogP contribution is 2.30. The van der Waals surface area contributed by atoms with Gasteiger partial charge in [-0.2, -0.15) is 0 Å². The molecule has 0 aliphatic carbocycles. The van der Waals surface area contributed by atoms with Gasteiger partial charge in [0.1, 0.15) is 11.4 Å². The third kappa shape index (κ3) is 4.61. The highest BCUT2D eigenvalue weighted by molar-refractivity contribution is 5.86. The smallest absolute Gasteiger partial charge is 0.412 e. The zero-order chi connectivity index (χ0) is 16.2. The Hall–Kier alpha value is -1.79. The number of nitrogens with one attached hydrogen (secondary N) is 2. The molecule has 1 heterocycles. The zero-order valence-electron chi connectivity index (χ0n) is 13.6. The first-order valence-corrected chi connectivity index (χ1v) is 7.39. The normalized spacial score (nSPS) is 18.6. The third-order valence-electron chi connectivity index (χ3n) is 3.17. The van der Waals surface area contributed by atoms with Crippen molar-refractivity contribution in [2.24, 2.45) is 0 Å². The molecule has 0 spiro atoms. The minimum Gasteiger partial charge on any atom is -0.497 e. The largest absolute Gasteiger partial charge is 0.497 e. The van der Waals surface area contributed by atoms with E-state index in [0.29, 0.717) is 18.8 Å². The van der Waals surface area contributed by atoms with E-state index in [0.717, 1.165) is 17.9 Å². The van der Waals surface area contributed by atoms with Gasteiger partial charge in [-0.05, 0) is 39.0 Å². The molecule has 0 radical (unpaired) electrons. The van der Waals surface area contributed by atoms with Crippen LogP contribution in [0.3, 0.4) is 0 Å². The van der Waals surface area contributed by atoms with Crippen LogP contribution in [0, 0.1) is 0 Å². The van der Waals surface area contributed by atoms with E-state index in [9.17, 15) is 4.79 Å². The van der Waals surface area contributed by atoms with E-state index in [2.05, 4.69) is 10.6 Å². The number of carbonyl (C=O) groups excluding carboxylic acids is 1. The Bertz CT molecular complexity index is 519. The maximum absolute atomic E-state index is 12.0. The number of amides is 1. The van der Waals surface area contributed by atoms with E-state index < -0.39 is 11.7 Å². The highest BCUT2D eigenvalue weighted by Gasteiger charge is 2.22. The van der Waals surface area contributed by atoms with Crippen LogP contribution in [-0.2, 0) is 9.47 Å². The summed E-state index contributed by atoms with van der Waals surface area (Å²) in [5.41, 5.74) is 1.00. The van der Waals surface area contributed by atoms with Crippen LogP contribution in [0.1, 0.15) is 32.4 Å². The Morgan fingerprint density at radius 3 is 2.77 bits per heavy atom. The zero-order valence-corrected chi connectivity index (χ0v) is 13.6. The van der Waals surface area contributed by atoms with Gasteiger partial charge in [0.2, 0.25) is 0 Å². The van der Waals surface area contributed by atoms with Crippen LogP contribution < -0.4 is 15.4 Å². The number of rotatable bonds is 3. The van der Waals surface area contributed by atoms with E-state index in [1.807, 2.05) is 26.8 Å². The quantitative estimate of drug-likeness (QED) is 0.898. The molecule has 1 unspecified atom stereocenters. The molecule has 1 aromatic rings. The predicted molar refractivity (Wildman–Crippen MR) is 84.4 cm³/mol. The summed E-state index contributed by atoms with van der Waals surface area (Å²) in [4.78, 5) is 12.0. The van der Waals surface area contributed by atoms with Gasteiger partial charge in [-0.1, -0.05) is 0 Å². The molecule has 2 rings (SSSR count). The van der Waals surface area contributed by atoms with Crippen LogP contribution in [0.25, 0.3) is 0 Å². The molecule has 1 amide bonds. The molecule has 1 saturated heterocycles. The summed E-state index contributed by atoms with van der Waals surface area (Å²) >= 11 is 0. The number of morpholine rings is 1. The molecule has 122 valence electrons. The van der Waals surface area contributed by atoms with Gasteiger partial charge in [0.05, 0.1) is 25.5 Å². The summed E-state index contributed by atoms with van der Waals surface area (Å²) in [6, 6.07) is 5.48. The van der Waals surface area contributed by atoms with Crippen molar-refractivity contribution in [1.82, 2.24) is 5.32 Å². The van der Waals surface area contributed by atoms with E-state index in [4.69, 9.17) is 14.2 Å². The molecule has 1 aliphatic rings. The number of carbonyl (C=O) groups is 1. The van der Waals surface area contributed by atoms with Crippen molar-refractivity contribution in [3.05, 3.63) is 23.8 Å². The molecule has 1 aromatic carbocycles. The molecule has 0 bridgehead atoms. The first-order chi connectivity index (χ1) is 10.4. The third-order valence-corrected chi connectivity index (χ3v) is 3.17. The van der Waals surface area contributed by atoms with Gasteiger partial charge in [0.25, 0.3) is 0 Å². The lowest BCUT2D eigenvalue weighted by molar-refractivity contribution is 0.0279. The molecule has 1 aliphatic heterocycles. The summed E-state index contributed by atoms with van der Waals surface area (Å²) in [5.74, 6) is 0.721. The lowest BCUT2D eigenvalue weighted by Gasteiger charge is -2.27. The van der Waals surface area contributed by atoms with Crippen molar-refractivity contribution < 1.29 is 19.0 Å². The van der Waals surface area contributed by atoms with Crippen molar-refractivity contribution in [3.63, 3.8) is 0 Å². The van der Waals surface area contributed by atoms with Crippen molar-refractivity contribution in [2.75, 3.05) is 32.1 Å². The van der Waals surface area contributed by atoms with Crippen LogP contribution in [0.15, 0.2) is 18.2 Å². The molecular formula is C16H24N2O4. The summed E-state index contributed by atoms with van der Waals surface area (Å²) in [5, 5.41) is 6.07. The number of hydrogen-bond acceptors (Lipinski definition) is 5. The fourth-order valence-electron chi connectivity index (χ4n) is 2.23. The van der Waals surface area contributed by atoms with Crippen LogP contribution in [0.5, 0.6) is 5.75 Å². The van der Waals surface area contributed by atoms with Crippen LogP contribution in [0.2, 0.25) is 0 Å². The average Bonchev–Trinajstić information content (AvgIpc) is 2.46. The van der Waals surface area contributed by atoms with Gasteiger partial charge < -0.3 is 19.5 Å². The summed E-state index contributed by atoms with van der Waals surface area (Å²) in [7, 11) is 1.61. The lowest BCUT2D eigenvalue weighted by Crippen LogP contribution is -2.34. The minimum absolute atomic E-state index is 0.131. The fourth-order valence-corrected chi connectivity index (χ4v) is 2.23. The molecule has 6 heteroatoms. The maximum atomic E-state index is 12.0. The minimum atomic E-state index is -0.542. The van der Waals surface area contributed by atoms with Crippen LogP contribution >= 0.6 is 0 Å². The standard InChI is InChI=1S/C16H24N2O4/c1-16(2,3)22-15(19)18-13-6-5-11(20-4)9-12(13)14-10-17-7-8-21-14/h5-6,9,14,17H,7-8,10H2,1-4H3,(H,18,19). The molecule has 1 fully saturated rings. The Morgan fingerprint density at radius 1 is 1.41 bits per heavy atom. The summed E-state index contributed by atoms with van der Waals surface area (Å²) < 4.78 is 16.3. The number of ether oxygens (including phenoxy) is 3. The van der Waals surface area contributed by atoms with Gasteiger partial charge in [-0.25, -0.2) is 4.79 Å². The number of methoxy groups -OCH3 is 1. The van der Waals surface area contributed by atoms with Crippen molar-refractivity contribution in [3.8, 4) is 5.75 Å². The van der Waals surface area contributed by atoms with Gasteiger partial charge in [0.15, 0.2) is 0 Å². The predicted octanol–water partition coefficient (Wildman–Crippen LogP) is 2.70. The molecule has 22 heavy (non-hydrogen) atoms. The van der Waals surface area contributed by atoms with E-state index in [1.165, 1.54) is 0 Å². The van der Waals surface area contributed by atoms with Gasteiger partial charge >= 0.3 is 6.09 Å². The molecule has 0 saturated carbocycles. The summed E-state index contributed by atoms with van der Waals surface area (Å²) in [6.07, 6.45) is -0.614. The molecule has 0 aromatic heterocycles. The number of hydrogen-bond donors (Lipinski definition) is 2. The second-order valence-electron chi connectivity index (χ2n) is 6.14. The second kappa shape index (κ2) is 6.98. The van der Waals surface area contributed by atoms with Crippen LogP contribution in [-0.4, -0.2) is 38.5 Å². The lowest BCUT2D eigenvalue weighted by atomic mass is 10.1. The molecular weight excluding hydrogens is 284 g/mol. The Labute approximate surface area is 131 Å². The molecule has 2 N–H and O–H groups in total. The summed E-state index contributed by atoms with van der Waals surface area (Å²) in [6.45, 7) is 7.64. The number of benzene rings is 1.